The lowest BCUT2D eigenvalue weighted by Gasteiger charge is -2.38. The van der Waals surface area contributed by atoms with E-state index in [1.807, 2.05) is 31.3 Å². The number of β-amino-alcohol motifs (C(OH)–C–C–N with tert-alkyl or cyclic N) is 1. The molecule has 0 aliphatic carbocycles. The molecule has 0 radical (unpaired) electrons. The van der Waals surface area contributed by atoms with E-state index >= 15 is 0 Å². The molecule has 7 heteroatoms. The first-order valence-corrected chi connectivity index (χ1v) is 8.54. The molecule has 0 spiro atoms. The molecule has 2 atom stereocenters. The Kier molecular flexibility index (Phi) is 4.32. The highest BCUT2D eigenvalue weighted by molar-refractivity contribution is 7.91. The molecule has 1 aromatic heterocycles. The number of aliphatic hydroxyl groups excluding tert-OH is 1. The van der Waals surface area contributed by atoms with Gasteiger partial charge >= 0.3 is 0 Å². The highest BCUT2D eigenvalue weighted by Crippen LogP contribution is 2.26. The van der Waals surface area contributed by atoms with Gasteiger partial charge in [0.15, 0.2) is 0 Å². The van der Waals surface area contributed by atoms with Gasteiger partial charge in [0.1, 0.15) is 4.21 Å². The van der Waals surface area contributed by atoms with Gasteiger partial charge in [-0.25, -0.2) is 8.42 Å². The van der Waals surface area contributed by atoms with Crippen molar-refractivity contribution in [2.24, 2.45) is 0 Å². The lowest BCUT2D eigenvalue weighted by molar-refractivity contribution is 0.0292. The third-order valence-corrected chi connectivity index (χ3v) is 6.87. The smallest absolute Gasteiger partial charge is 0.252 e. The van der Waals surface area contributed by atoms with Crippen LogP contribution >= 0.6 is 11.3 Å². The van der Waals surface area contributed by atoms with Gasteiger partial charge in [-0.15, -0.1) is 11.3 Å². The quantitative estimate of drug-likeness (QED) is 0.895. The first-order valence-electron chi connectivity index (χ1n) is 6.22. The maximum absolute atomic E-state index is 12.4. The summed E-state index contributed by atoms with van der Waals surface area (Å²) in [4.78, 5) is 1.95. The summed E-state index contributed by atoms with van der Waals surface area (Å²) >= 11 is 1.24. The zero-order valence-corrected chi connectivity index (χ0v) is 13.0. The van der Waals surface area contributed by atoms with Crippen molar-refractivity contribution in [1.29, 1.82) is 0 Å². The predicted molar refractivity (Wildman–Crippen MR) is 75.9 cm³/mol. The van der Waals surface area contributed by atoms with Crippen LogP contribution < -0.4 is 0 Å². The van der Waals surface area contributed by atoms with Gasteiger partial charge in [-0.2, -0.15) is 4.31 Å². The Hall–Kier alpha value is -0.470. The van der Waals surface area contributed by atoms with Crippen LogP contribution in [0.3, 0.4) is 0 Å². The second-order valence-electron chi connectivity index (χ2n) is 5.19. The molecular weight excluding hydrogens is 284 g/mol. The van der Waals surface area contributed by atoms with Gasteiger partial charge in [-0.05, 0) is 44.4 Å². The van der Waals surface area contributed by atoms with Gasteiger partial charge in [0.05, 0.1) is 6.10 Å². The van der Waals surface area contributed by atoms with Crippen LogP contribution in [0.2, 0.25) is 0 Å². The van der Waals surface area contributed by atoms with Crippen LogP contribution in [0.15, 0.2) is 15.7 Å². The minimum absolute atomic E-state index is 0.0246. The molecule has 0 bridgehead atoms. The number of nitrogens with zero attached hydrogens (tertiary/aromatic N) is 2. The summed E-state index contributed by atoms with van der Waals surface area (Å²) in [5, 5.41) is 11.9. The number of likely N-dealkylation sites (N-methyl/N-ethyl adjacent to an activating group) is 1. The molecule has 2 heterocycles. The number of piperidine rings is 1. The van der Waals surface area contributed by atoms with Gasteiger partial charge in [-0.1, -0.05) is 0 Å². The SMILES string of the molecule is Cc1csc(S(=O)(=O)N2CC[C@H](N(C)C)[C@@H](O)C2)c1. The molecule has 1 saturated heterocycles. The molecule has 19 heavy (non-hydrogen) atoms. The van der Waals surface area contributed by atoms with E-state index in [2.05, 4.69) is 0 Å². The molecule has 0 amide bonds. The third-order valence-electron chi connectivity index (χ3n) is 3.47. The Morgan fingerprint density at radius 1 is 1.47 bits per heavy atom. The van der Waals surface area contributed by atoms with Crippen molar-refractivity contribution in [1.82, 2.24) is 9.21 Å². The van der Waals surface area contributed by atoms with Gasteiger partial charge in [0.2, 0.25) is 0 Å². The fourth-order valence-corrected chi connectivity index (χ4v) is 5.23. The highest BCUT2D eigenvalue weighted by Gasteiger charge is 2.35. The first-order chi connectivity index (χ1) is 8.82. The summed E-state index contributed by atoms with van der Waals surface area (Å²) in [5.74, 6) is 0. The summed E-state index contributed by atoms with van der Waals surface area (Å²) in [7, 11) is 0.357. The van der Waals surface area contributed by atoms with Crippen LogP contribution in [-0.4, -0.2) is 62.1 Å². The Morgan fingerprint density at radius 2 is 2.16 bits per heavy atom. The zero-order valence-electron chi connectivity index (χ0n) is 11.4. The van der Waals surface area contributed by atoms with Crippen molar-refractivity contribution >= 4 is 21.4 Å². The molecule has 0 unspecified atom stereocenters. The van der Waals surface area contributed by atoms with Gasteiger partial charge in [0.25, 0.3) is 10.0 Å². The molecular formula is C12H20N2O3S2. The molecule has 1 aromatic rings. The van der Waals surface area contributed by atoms with E-state index in [9.17, 15) is 13.5 Å². The van der Waals surface area contributed by atoms with E-state index < -0.39 is 16.1 Å². The summed E-state index contributed by atoms with van der Waals surface area (Å²) in [6.45, 7) is 2.50. The molecule has 2 rings (SSSR count). The van der Waals surface area contributed by atoms with E-state index in [0.717, 1.165) is 5.56 Å². The normalized spacial score (nSPS) is 25.9. The minimum Gasteiger partial charge on any atom is -0.390 e. The topological polar surface area (TPSA) is 60.9 Å². The summed E-state index contributed by atoms with van der Waals surface area (Å²) in [5.41, 5.74) is 0.951. The largest absolute Gasteiger partial charge is 0.390 e. The minimum atomic E-state index is -3.45. The lowest BCUT2D eigenvalue weighted by atomic mass is 10.0. The van der Waals surface area contributed by atoms with Crippen molar-refractivity contribution in [3.63, 3.8) is 0 Å². The third kappa shape index (κ3) is 3.00. The van der Waals surface area contributed by atoms with Crippen LogP contribution in [0.1, 0.15) is 12.0 Å². The van der Waals surface area contributed by atoms with Gasteiger partial charge in [-0.3, -0.25) is 0 Å². The summed E-state index contributed by atoms with van der Waals surface area (Å²) in [6, 6.07) is 1.71. The summed E-state index contributed by atoms with van der Waals surface area (Å²) in [6.07, 6.45) is 0.0113. The molecule has 0 aromatic carbocycles. The second-order valence-corrected chi connectivity index (χ2v) is 8.27. The highest BCUT2D eigenvalue weighted by atomic mass is 32.2. The Bertz CT molecular complexity index is 539. The second kappa shape index (κ2) is 5.49. The number of hydrogen-bond acceptors (Lipinski definition) is 5. The van der Waals surface area contributed by atoms with Crippen molar-refractivity contribution in [2.45, 2.75) is 29.7 Å². The van der Waals surface area contributed by atoms with Crippen LogP contribution in [0.5, 0.6) is 0 Å². The first kappa shape index (κ1) is 14.9. The number of thiophene rings is 1. The molecule has 1 fully saturated rings. The predicted octanol–water partition coefficient (Wildman–Crippen LogP) is 0.742. The average molecular weight is 304 g/mol. The fraction of sp³-hybridized carbons (Fsp3) is 0.667. The van der Waals surface area contributed by atoms with E-state index in [0.29, 0.717) is 17.2 Å². The Balaban J connectivity index is 2.16. The van der Waals surface area contributed by atoms with E-state index in [4.69, 9.17) is 0 Å². The Morgan fingerprint density at radius 3 is 2.63 bits per heavy atom. The lowest BCUT2D eigenvalue weighted by Crippen LogP contribution is -2.53. The number of hydrogen-bond donors (Lipinski definition) is 1. The van der Waals surface area contributed by atoms with Crippen LogP contribution in [-0.2, 0) is 10.0 Å². The molecule has 1 aliphatic rings. The fourth-order valence-electron chi connectivity index (χ4n) is 2.38. The number of aliphatic hydroxyl groups is 1. The van der Waals surface area contributed by atoms with E-state index in [1.54, 1.807) is 6.07 Å². The molecule has 0 saturated carbocycles. The van der Waals surface area contributed by atoms with Crippen molar-refractivity contribution < 1.29 is 13.5 Å². The average Bonchev–Trinajstić information content (AvgIpc) is 2.76. The van der Waals surface area contributed by atoms with Gasteiger partial charge in [0, 0.05) is 19.1 Å². The monoisotopic (exact) mass is 304 g/mol. The standard InChI is InChI=1S/C12H20N2O3S2/c1-9-6-12(18-8-9)19(16,17)14-5-4-10(13(2)3)11(15)7-14/h6,8,10-11,15H,4-5,7H2,1-3H3/t10-,11-/m0/s1. The van der Waals surface area contributed by atoms with Crippen LogP contribution in [0, 0.1) is 6.92 Å². The zero-order chi connectivity index (χ0) is 14.2. The van der Waals surface area contributed by atoms with E-state index in [-0.39, 0.29) is 12.6 Å². The molecule has 108 valence electrons. The Labute approximate surface area is 118 Å². The van der Waals surface area contributed by atoms with Crippen molar-refractivity contribution in [3.8, 4) is 0 Å². The molecule has 5 nitrogen and oxygen atoms in total. The van der Waals surface area contributed by atoms with Crippen LogP contribution in [0.25, 0.3) is 0 Å². The number of sulfonamides is 1. The van der Waals surface area contributed by atoms with Crippen LogP contribution in [0.4, 0.5) is 0 Å². The van der Waals surface area contributed by atoms with E-state index in [1.165, 1.54) is 15.6 Å². The van der Waals surface area contributed by atoms with Gasteiger partial charge < -0.3 is 10.0 Å². The van der Waals surface area contributed by atoms with Crippen molar-refractivity contribution in [2.75, 3.05) is 27.2 Å². The number of aryl methyl sites for hydroxylation is 1. The molecule has 1 N–H and O–H groups in total. The maximum Gasteiger partial charge on any atom is 0.252 e. The number of rotatable bonds is 3. The maximum atomic E-state index is 12.4. The summed E-state index contributed by atoms with van der Waals surface area (Å²) < 4.78 is 26.6. The molecule has 1 aliphatic heterocycles. The van der Waals surface area contributed by atoms with Crippen molar-refractivity contribution in [3.05, 3.63) is 17.0 Å².